The summed E-state index contributed by atoms with van der Waals surface area (Å²) in [5.74, 6) is -2.30. The number of ether oxygens (including phenoxy) is 2. The lowest BCUT2D eigenvalue weighted by Crippen LogP contribution is -2.16. The van der Waals surface area contributed by atoms with E-state index in [0.717, 1.165) is 40.1 Å². The first-order valence-electron chi connectivity index (χ1n) is 10.9. The first kappa shape index (κ1) is 22.6. The number of hydrogen-bond donors (Lipinski definition) is 0. The fourth-order valence-corrected chi connectivity index (χ4v) is 4.00. The number of fused-ring (bicyclic) bond motifs is 3. The molecule has 5 rings (SSSR count). The zero-order chi connectivity index (χ0) is 24.4. The van der Waals surface area contributed by atoms with Gasteiger partial charge >= 0.3 is 5.97 Å². The second kappa shape index (κ2) is 9.56. The number of halogens is 2. The summed E-state index contributed by atoms with van der Waals surface area (Å²) in [6, 6.07) is 15.3. The van der Waals surface area contributed by atoms with E-state index >= 15 is 0 Å². The van der Waals surface area contributed by atoms with Gasteiger partial charge in [0.1, 0.15) is 12.7 Å². The van der Waals surface area contributed by atoms with Crippen molar-refractivity contribution in [2.45, 2.75) is 6.10 Å². The van der Waals surface area contributed by atoms with E-state index in [1.807, 2.05) is 48.6 Å². The van der Waals surface area contributed by atoms with Gasteiger partial charge in [0, 0.05) is 23.2 Å². The third kappa shape index (κ3) is 4.72. The van der Waals surface area contributed by atoms with Crippen LogP contribution in [0.15, 0.2) is 60.8 Å². The molecule has 0 N–H and O–H groups in total. The van der Waals surface area contributed by atoms with Crippen LogP contribution in [0.2, 0.25) is 0 Å². The summed E-state index contributed by atoms with van der Waals surface area (Å²) in [6.45, 7) is -0.201. The molecule has 0 fully saturated rings. The zero-order valence-corrected chi connectivity index (χ0v) is 18.7. The van der Waals surface area contributed by atoms with Gasteiger partial charge in [-0.3, -0.25) is 4.98 Å². The number of carbonyl (C=O) groups excluding carboxylic acids is 1. The lowest BCUT2D eigenvalue weighted by atomic mass is 9.96. The van der Waals surface area contributed by atoms with Crippen molar-refractivity contribution in [1.82, 2.24) is 9.97 Å². The highest BCUT2D eigenvalue weighted by molar-refractivity contribution is 5.82. The number of carbonyl (C=O) groups is 1. The predicted molar refractivity (Wildman–Crippen MR) is 130 cm³/mol. The summed E-state index contributed by atoms with van der Waals surface area (Å²) < 4.78 is 37.8. The van der Waals surface area contributed by atoms with Gasteiger partial charge in [0.25, 0.3) is 0 Å². The molecule has 0 saturated carbocycles. The van der Waals surface area contributed by atoms with Crippen LogP contribution in [0, 0.1) is 11.6 Å². The van der Waals surface area contributed by atoms with Gasteiger partial charge in [-0.15, -0.1) is 0 Å². The van der Waals surface area contributed by atoms with Crippen molar-refractivity contribution in [1.29, 1.82) is 0 Å². The molecule has 1 atom stereocenters. The van der Waals surface area contributed by atoms with Crippen LogP contribution in [0.3, 0.4) is 0 Å². The topological polar surface area (TPSA) is 61.3 Å². The second-order valence-electron chi connectivity index (χ2n) is 8.00. The van der Waals surface area contributed by atoms with E-state index in [0.29, 0.717) is 16.6 Å². The van der Waals surface area contributed by atoms with Crippen molar-refractivity contribution in [3.63, 3.8) is 0 Å². The van der Waals surface area contributed by atoms with E-state index in [4.69, 9.17) is 9.47 Å². The summed E-state index contributed by atoms with van der Waals surface area (Å²) in [6.07, 6.45) is 8.76. The smallest absolute Gasteiger partial charge is 0.331 e. The Kier molecular flexibility index (Phi) is 6.16. The minimum atomic E-state index is -0.933. The molecule has 0 aliphatic heterocycles. The Hall–Kier alpha value is -4.23. The molecule has 174 valence electrons. The molecule has 2 heterocycles. The molecule has 35 heavy (non-hydrogen) atoms. The van der Waals surface area contributed by atoms with Gasteiger partial charge in [0.05, 0.1) is 24.0 Å². The van der Waals surface area contributed by atoms with E-state index in [9.17, 15) is 13.6 Å². The van der Waals surface area contributed by atoms with E-state index in [1.165, 1.54) is 7.11 Å². The molecule has 5 nitrogen and oxygen atoms in total. The molecule has 0 spiro atoms. The fourth-order valence-electron chi connectivity index (χ4n) is 4.00. The van der Waals surface area contributed by atoms with Crippen LogP contribution in [0.4, 0.5) is 8.78 Å². The molecular formula is C28H20F2N2O3. The average Bonchev–Trinajstić information content (AvgIpc) is 3.03. The van der Waals surface area contributed by atoms with Crippen LogP contribution in [0.1, 0.15) is 39.7 Å². The monoisotopic (exact) mass is 470 g/mol. The highest BCUT2D eigenvalue weighted by Gasteiger charge is 2.24. The van der Waals surface area contributed by atoms with E-state index in [1.54, 1.807) is 24.4 Å². The Morgan fingerprint density at radius 3 is 2.71 bits per heavy atom. The Morgan fingerprint density at radius 1 is 1.00 bits per heavy atom. The normalized spacial score (nSPS) is 14.5. The lowest BCUT2D eigenvalue weighted by Gasteiger charge is -2.20. The van der Waals surface area contributed by atoms with Crippen LogP contribution in [-0.4, -0.2) is 29.7 Å². The number of nitrogens with zero attached hydrogens (tertiary/aromatic N) is 2. The van der Waals surface area contributed by atoms with Gasteiger partial charge in [-0.1, -0.05) is 36.4 Å². The summed E-state index contributed by atoms with van der Waals surface area (Å²) >= 11 is 0. The Balaban J connectivity index is 1.49. The molecule has 1 unspecified atom stereocenters. The molecule has 0 bridgehead atoms. The number of rotatable bonds is 5. The summed E-state index contributed by atoms with van der Waals surface area (Å²) in [7, 11) is 1.32. The number of pyridine rings is 2. The van der Waals surface area contributed by atoms with Gasteiger partial charge in [0.15, 0.2) is 11.6 Å². The lowest BCUT2D eigenvalue weighted by molar-refractivity contribution is -0.147. The fraction of sp³-hybridized carbons (Fsp3) is 0.107. The van der Waals surface area contributed by atoms with Gasteiger partial charge in [-0.2, -0.15) is 0 Å². The van der Waals surface area contributed by atoms with Gasteiger partial charge < -0.3 is 9.47 Å². The van der Waals surface area contributed by atoms with Crippen molar-refractivity contribution >= 4 is 41.2 Å². The third-order valence-electron chi connectivity index (χ3n) is 5.76. The Bertz CT molecular complexity index is 1500. The van der Waals surface area contributed by atoms with Crippen molar-refractivity contribution in [3.8, 4) is 0 Å². The number of aromatic nitrogens is 2. The molecule has 0 amide bonds. The Labute approximate surface area is 200 Å². The van der Waals surface area contributed by atoms with Crippen LogP contribution in [0.25, 0.3) is 35.2 Å². The molecule has 4 aromatic rings. The van der Waals surface area contributed by atoms with E-state index in [2.05, 4.69) is 9.97 Å². The maximum absolute atomic E-state index is 13.6. The first-order valence-corrected chi connectivity index (χ1v) is 10.9. The number of benzene rings is 2. The zero-order valence-electron chi connectivity index (χ0n) is 18.7. The van der Waals surface area contributed by atoms with Crippen molar-refractivity contribution in [2.75, 3.05) is 13.7 Å². The number of methoxy groups -OCH3 is 1. The van der Waals surface area contributed by atoms with Gasteiger partial charge in [-0.25, -0.2) is 18.6 Å². The summed E-state index contributed by atoms with van der Waals surface area (Å²) in [4.78, 5) is 20.6. The molecular weight excluding hydrogens is 450 g/mol. The van der Waals surface area contributed by atoms with E-state index in [-0.39, 0.29) is 6.61 Å². The number of esters is 1. The molecule has 2 aromatic carbocycles. The highest BCUT2D eigenvalue weighted by atomic mass is 19.2. The Morgan fingerprint density at radius 2 is 1.86 bits per heavy atom. The summed E-state index contributed by atoms with van der Waals surface area (Å²) in [5.41, 5.74) is 5.28. The van der Waals surface area contributed by atoms with Crippen LogP contribution in [-0.2, 0) is 14.3 Å². The van der Waals surface area contributed by atoms with Crippen LogP contribution < -0.4 is 0 Å². The van der Waals surface area contributed by atoms with Crippen molar-refractivity contribution < 1.29 is 23.0 Å². The van der Waals surface area contributed by atoms with Gasteiger partial charge in [-0.05, 0) is 53.1 Å². The standard InChI is InChI=1S/C28H20F2N2O3/c1-34-27(33)16-35-28-21-3-2-12-31-25(21)11-8-18-6-4-17(13-22(18)28)5-9-20-10-7-19-14-23(29)24(30)15-26(19)32-20/h2-15,28H,16H2,1H3/b9-5+. The molecule has 1 aliphatic rings. The van der Waals surface area contributed by atoms with Crippen LogP contribution >= 0.6 is 0 Å². The maximum Gasteiger partial charge on any atom is 0.331 e. The van der Waals surface area contributed by atoms with Crippen molar-refractivity contribution in [2.24, 2.45) is 0 Å². The predicted octanol–water partition coefficient (Wildman–Crippen LogP) is 5.84. The van der Waals surface area contributed by atoms with Crippen molar-refractivity contribution in [3.05, 3.63) is 106 Å². The maximum atomic E-state index is 13.6. The summed E-state index contributed by atoms with van der Waals surface area (Å²) in [5, 5.41) is 0.524. The third-order valence-corrected chi connectivity index (χ3v) is 5.76. The van der Waals surface area contributed by atoms with Crippen LogP contribution in [0.5, 0.6) is 0 Å². The molecule has 0 radical (unpaired) electrons. The molecule has 0 saturated heterocycles. The highest BCUT2D eigenvalue weighted by Crippen LogP contribution is 2.35. The van der Waals surface area contributed by atoms with Gasteiger partial charge in [0.2, 0.25) is 0 Å². The molecule has 2 aromatic heterocycles. The largest absolute Gasteiger partial charge is 0.467 e. The van der Waals surface area contributed by atoms with E-state index < -0.39 is 23.7 Å². The number of hydrogen-bond acceptors (Lipinski definition) is 5. The minimum Gasteiger partial charge on any atom is -0.467 e. The second-order valence-corrected chi connectivity index (χ2v) is 8.00. The molecule has 1 aliphatic carbocycles. The average molecular weight is 470 g/mol. The molecule has 7 heteroatoms. The quantitative estimate of drug-likeness (QED) is 0.343. The first-order chi connectivity index (χ1) is 17.0. The minimum absolute atomic E-state index is 0.201. The SMILES string of the molecule is COC(=O)COC1c2cc(/C=C/c3ccc4cc(F)c(F)cc4n3)ccc2C=Cc2ncccc21.